The van der Waals surface area contributed by atoms with Gasteiger partial charge in [-0.05, 0) is 6.92 Å². The average molecular weight is 264 g/mol. The molecule has 0 saturated carbocycles. The summed E-state index contributed by atoms with van der Waals surface area (Å²) in [6, 6.07) is 3.88. The number of thiazole rings is 1. The number of amides is 1. The van der Waals surface area contributed by atoms with Crippen molar-refractivity contribution in [2.45, 2.75) is 20.4 Å². The van der Waals surface area contributed by atoms with E-state index >= 15 is 0 Å². The van der Waals surface area contributed by atoms with Gasteiger partial charge in [-0.15, -0.1) is 0 Å². The Bertz CT molecular complexity index is 699. The maximum atomic E-state index is 11.1. The largest absolute Gasteiger partial charge is 0.454 e. The first-order valence-electron chi connectivity index (χ1n) is 5.67. The quantitative estimate of drug-likeness (QED) is 0.790. The predicted molar refractivity (Wildman–Crippen MR) is 67.9 cm³/mol. The molecule has 0 bridgehead atoms. The number of nitrogens with zero attached hydrogens (tertiary/aromatic N) is 2. The molecule has 0 saturated heterocycles. The minimum absolute atomic E-state index is 0.191. The first kappa shape index (κ1) is 11.3. The molecule has 0 unspecified atom stereocenters. The Morgan fingerprint density at radius 1 is 1.44 bits per heavy atom. The van der Waals surface area contributed by atoms with Crippen LogP contribution in [0.3, 0.4) is 0 Å². The molecule has 3 rings (SSSR count). The van der Waals surface area contributed by atoms with Gasteiger partial charge in [-0.25, -0.2) is 0 Å². The first-order chi connectivity index (χ1) is 8.69. The minimum Gasteiger partial charge on any atom is -0.454 e. The molecule has 1 aromatic heterocycles. The van der Waals surface area contributed by atoms with E-state index in [0.29, 0.717) is 4.80 Å². The summed E-state index contributed by atoms with van der Waals surface area (Å²) in [5.74, 6) is 1.31. The Kier molecular flexibility index (Phi) is 2.59. The fraction of sp³-hybridized carbons (Fsp3) is 0.333. The van der Waals surface area contributed by atoms with Crippen LogP contribution in [0.5, 0.6) is 11.5 Å². The maximum absolute atomic E-state index is 11.1. The van der Waals surface area contributed by atoms with Gasteiger partial charge >= 0.3 is 0 Å². The van der Waals surface area contributed by atoms with Crippen LogP contribution in [0.2, 0.25) is 0 Å². The van der Waals surface area contributed by atoms with Crippen molar-refractivity contribution >= 4 is 27.5 Å². The van der Waals surface area contributed by atoms with Crippen molar-refractivity contribution in [1.29, 1.82) is 0 Å². The van der Waals surface area contributed by atoms with Crippen molar-refractivity contribution in [3.8, 4) is 11.5 Å². The lowest BCUT2D eigenvalue weighted by molar-refractivity contribution is -0.116. The summed E-state index contributed by atoms with van der Waals surface area (Å²) in [5, 5.41) is 0. The van der Waals surface area contributed by atoms with Gasteiger partial charge in [0, 0.05) is 25.6 Å². The highest BCUT2D eigenvalue weighted by Gasteiger charge is 2.17. The molecule has 6 heteroatoms. The van der Waals surface area contributed by atoms with E-state index in [4.69, 9.17) is 9.47 Å². The second-order valence-electron chi connectivity index (χ2n) is 3.93. The lowest BCUT2D eigenvalue weighted by Crippen LogP contribution is -2.14. The lowest BCUT2D eigenvalue weighted by atomic mass is 10.3. The molecule has 1 aliphatic rings. The summed E-state index contributed by atoms with van der Waals surface area (Å²) in [4.78, 5) is 15.9. The highest BCUT2D eigenvalue weighted by molar-refractivity contribution is 7.16. The number of carbonyl (C=O) groups excluding carboxylic acids is 1. The van der Waals surface area contributed by atoms with E-state index < -0.39 is 0 Å². The fourth-order valence-corrected chi connectivity index (χ4v) is 3.13. The summed E-state index contributed by atoms with van der Waals surface area (Å²) in [6.07, 6.45) is 0. The second kappa shape index (κ2) is 4.13. The average Bonchev–Trinajstić information content (AvgIpc) is 2.87. The van der Waals surface area contributed by atoms with E-state index in [0.717, 1.165) is 28.3 Å². The summed E-state index contributed by atoms with van der Waals surface area (Å²) in [6.45, 7) is 4.50. The number of ether oxygens (including phenoxy) is 2. The third kappa shape index (κ3) is 1.69. The van der Waals surface area contributed by atoms with Gasteiger partial charge in [-0.3, -0.25) is 4.79 Å². The SMILES string of the molecule is CCn1c(=NC(C)=O)sc2cc3c(cc21)OCO3. The van der Waals surface area contributed by atoms with Gasteiger partial charge in [0.1, 0.15) is 0 Å². The summed E-state index contributed by atoms with van der Waals surface area (Å²) < 4.78 is 13.8. The molecule has 0 spiro atoms. The van der Waals surface area contributed by atoms with E-state index in [1.807, 2.05) is 23.6 Å². The third-order valence-electron chi connectivity index (χ3n) is 2.75. The zero-order valence-electron chi connectivity index (χ0n) is 10.1. The number of aromatic nitrogens is 1. The second-order valence-corrected chi connectivity index (χ2v) is 4.94. The first-order valence-corrected chi connectivity index (χ1v) is 6.49. The highest BCUT2D eigenvalue weighted by atomic mass is 32.1. The van der Waals surface area contributed by atoms with Crippen LogP contribution in [0.15, 0.2) is 17.1 Å². The molecule has 1 aromatic carbocycles. The van der Waals surface area contributed by atoms with Crippen LogP contribution in [0.25, 0.3) is 10.2 Å². The van der Waals surface area contributed by atoms with Gasteiger partial charge in [0.05, 0.1) is 10.2 Å². The number of rotatable bonds is 1. The number of fused-ring (bicyclic) bond motifs is 2. The van der Waals surface area contributed by atoms with Crippen molar-refractivity contribution < 1.29 is 14.3 Å². The zero-order chi connectivity index (χ0) is 12.7. The molecule has 1 aliphatic heterocycles. The topological polar surface area (TPSA) is 52.8 Å². The summed E-state index contributed by atoms with van der Waals surface area (Å²) in [7, 11) is 0. The molecule has 5 nitrogen and oxygen atoms in total. The molecule has 2 heterocycles. The minimum atomic E-state index is -0.191. The van der Waals surface area contributed by atoms with E-state index in [-0.39, 0.29) is 12.7 Å². The van der Waals surface area contributed by atoms with E-state index in [1.54, 1.807) is 0 Å². The van der Waals surface area contributed by atoms with Gasteiger partial charge in [-0.2, -0.15) is 4.99 Å². The van der Waals surface area contributed by atoms with Crippen molar-refractivity contribution in [2.24, 2.45) is 4.99 Å². The van der Waals surface area contributed by atoms with Crippen LogP contribution in [0.4, 0.5) is 0 Å². The lowest BCUT2D eigenvalue weighted by Gasteiger charge is -2.01. The van der Waals surface area contributed by atoms with Crippen molar-refractivity contribution in [2.75, 3.05) is 6.79 Å². The molecule has 0 aliphatic carbocycles. The zero-order valence-corrected chi connectivity index (χ0v) is 10.9. The van der Waals surface area contributed by atoms with E-state index in [9.17, 15) is 4.79 Å². The van der Waals surface area contributed by atoms with Crippen LogP contribution >= 0.6 is 11.3 Å². The molecule has 0 fully saturated rings. The van der Waals surface area contributed by atoms with Crippen molar-refractivity contribution in [1.82, 2.24) is 4.57 Å². The van der Waals surface area contributed by atoms with Crippen molar-refractivity contribution in [3.05, 3.63) is 16.9 Å². The van der Waals surface area contributed by atoms with Crippen molar-refractivity contribution in [3.63, 3.8) is 0 Å². The summed E-state index contributed by atoms with van der Waals surface area (Å²) in [5.41, 5.74) is 1.02. The van der Waals surface area contributed by atoms with E-state index in [1.165, 1.54) is 18.3 Å². The molecule has 0 radical (unpaired) electrons. The summed E-state index contributed by atoms with van der Waals surface area (Å²) >= 11 is 1.48. The Morgan fingerprint density at radius 2 is 2.17 bits per heavy atom. The molecule has 2 aromatic rings. The molecule has 94 valence electrons. The molecule has 18 heavy (non-hydrogen) atoms. The number of hydrogen-bond donors (Lipinski definition) is 0. The van der Waals surface area contributed by atoms with Crippen LogP contribution in [-0.2, 0) is 11.3 Å². The van der Waals surface area contributed by atoms with Gasteiger partial charge < -0.3 is 14.0 Å². The standard InChI is InChI=1S/C12H12N2O3S/c1-3-14-8-4-9-10(17-6-16-9)5-11(8)18-12(14)13-7(2)15/h4-5H,3,6H2,1-2H3. The van der Waals surface area contributed by atoms with Gasteiger partial charge in [0.25, 0.3) is 0 Å². The number of benzene rings is 1. The fourth-order valence-electron chi connectivity index (χ4n) is 1.99. The van der Waals surface area contributed by atoms with Gasteiger partial charge in [0.2, 0.25) is 12.7 Å². The third-order valence-corrected chi connectivity index (χ3v) is 3.79. The Hall–Kier alpha value is -1.82. The molecule has 0 N–H and O–H groups in total. The maximum Gasteiger partial charge on any atom is 0.245 e. The highest BCUT2D eigenvalue weighted by Crippen LogP contribution is 2.36. The Labute approximate surface area is 107 Å². The van der Waals surface area contributed by atoms with Crippen LogP contribution in [0.1, 0.15) is 13.8 Å². The number of carbonyl (C=O) groups is 1. The Morgan fingerprint density at radius 3 is 2.83 bits per heavy atom. The van der Waals surface area contributed by atoms with Crippen LogP contribution < -0.4 is 14.3 Å². The van der Waals surface area contributed by atoms with Crippen LogP contribution in [0, 0.1) is 0 Å². The molecule has 0 atom stereocenters. The number of hydrogen-bond acceptors (Lipinski definition) is 4. The van der Waals surface area contributed by atoms with Gasteiger partial charge in [-0.1, -0.05) is 11.3 Å². The smallest absolute Gasteiger partial charge is 0.245 e. The molecular weight excluding hydrogens is 252 g/mol. The Balaban J connectivity index is 2.32. The van der Waals surface area contributed by atoms with E-state index in [2.05, 4.69) is 4.99 Å². The monoisotopic (exact) mass is 264 g/mol. The molecular formula is C12H12N2O3S. The normalized spacial score (nSPS) is 14.4. The molecule has 1 amide bonds. The number of aryl methyl sites for hydroxylation is 1. The van der Waals surface area contributed by atoms with Gasteiger partial charge in [0.15, 0.2) is 16.3 Å². The van der Waals surface area contributed by atoms with Crippen LogP contribution in [-0.4, -0.2) is 17.3 Å². The predicted octanol–water partition coefficient (Wildman–Crippen LogP) is 1.90.